The summed E-state index contributed by atoms with van der Waals surface area (Å²) in [6, 6.07) is 9.83. The van der Waals surface area contributed by atoms with Gasteiger partial charge in [0.25, 0.3) is 5.91 Å². The van der Waals surface area contributed by atoms with Crippen LogP contribution in [0, 0.1) is 0 Å². The number of ether oxygens (including phenoxy) is 1. The van der Waals surface area contributed by atoms with Gasteiger partial charge in [0.05, 0.1) is 24.9 Å². The van der Waals surface area contributed by atoms with Crippen LogP contribution in [-0.2, 0) is 9.59 Å². The number of amides is 3. The Hall–Kier alpha value is -3.06. The Balaban J connectivity index is 1.75. The molecule has 8 heteroatoms. The Morgan fingerprint density at radius 2 is 1.93 bits per heavy atom. The van der Waals surface area contributed by atoms with Crippen LogP contribution in [0.3, 0.4) is 0 Å². The van der Waals surface area contributed by atoms with Crippen molar-refractivity contribution < 1.29 is 19.1 Å². The zero-order valence-electron chi connectivity index (χ0n) is 16.1. The average Bonchev–Trinajstić information content (AvgIpc) is 2.82. The molecular formula is C21H20ClN3O4. The molecule has 2 aliphatic rings. The fraction of sp³-hybridized carbons (Fsp3) is 0.286. The third-order valence-electron chi connectivity index (χ3n) is 5.37. The molecule has 0 aliphatic carbocycles. The number of nitrogens with zero attached hydrogens (tertiary/aromatic N) is 2. The van der Waals surface area contributed by atoms with Crippen molar-refractivity contribution in [3.8, 4) is 16.9 Å². The molecule has 2 aromatic rings. The van der Waals surface area contributed by atoms with E-state index in [1.54, 1.807) is 47.2 Å². The van der Waals surface area contributed by atoms with E-state index < -0.39 is 6.04 Å². The van der Waals surface area contributed by atoms with Crippen LogP contribution in [0.4, 0.5) is 5.69 Å². The highest BCUT2D eigenvalue weighted by Crippen LogP contribution is 2.36. The minimum absolute atomic E-state index is 0.109. The van der Waals surface area contributed by atoms with Gasteiger partial charge >= 0.3 is 0 Å². The molecule has 0 spiro atoms. The lowest BCUT2D eigenvalue weighted by molar-refractivity contribution is -0.133. The molecule has 0 unspecified atom stereocenters. The van der Waals surface area contributed by atoms with E-state index in [-0.39, 0.29) is 24.3 Å². The number of carbonyl (C=O) groups is 3. The smallest absolute Gasteiger partial charge is 0.256 e. The maximum Gasteiger partial charge on any atom is 0.256 e. The standard InChI is InChI=1S/C21H20ClN3O4/c1-12(26)24-7-8-25-18(11-24)20(27)23-17-5-3-13(9-16(17)21(25)28)15-10-14(22)4-6-19(15)29-2/h3-6,9-10,18H,7-8,11H2,1-2H3,(H,23,27)/t18-/m1/s1. The van der Waals surface area contributed by atoms with Crippen molar-refractivity contribution in [1.29, 1.82) is 0 Å². The van der Waals surface area contributed by atoms with Crippen LogP contribution in [0.5, 0.6) is 5.75 Å². The highest BCUT2D eigenvalue weighted by atomic mass is 35.5. The van der Waals surface area contributed by atoms with E-state index in [9.17, 15) is 14.4 Å². The summed E-state index contributed by atoms with van der Waals surface area (Å²) in [5.41, 5.74) is 2.36. The Bertz CT molecular complexity index is 1020. The minimum atomic E-state index is -0.711. The van der Waals surface area contributed by atoms with Gasteiger partial charge in [0, 0.05) is 30.6 Å². The fourth-order valence-electron chi connectivity index (χ4n) is 3.81. The number of methoxy groups -OCH3 is 1. The van der Waals surface area contributed by atoms with Crippen molar-refractivity contribution >= 4 is 35.0 Å². The first kappa shape index (κ1) is 19.3. The van der Waals surface area contributed by atoms with Crippen molar-refractivity contribution in [2.45, 2.75) is 13.0 Å². The number of halogens is 1. The molecule has 0 aromatic heterocycles. The molecule has 150 valence electrons. The summed E-state index contributed by atoms with van der Waals surface area (Å²) in [6.45, 7) is 2.37. The number of rotatable bonds is 2. The van der Waals surface area contributed by atoms with Gasteiger partial charge in [-0.3, -0.25) is 14.4 Å². The monoisotopic (exact) mass is 413 g/mol. The van der Waals surface area contributed by atoms with Crippen molar-refractivity contribution in [3.63, 3.8) is 0 Å². The van der Waals surface area contributed by atoms with Crippen LogP contribution < -0.4 is 10.1 Å². The molecule has 1 atom stereocenters. The normalized spacial score (nSPS) is 18.5. The van der Waals surface area contributed by atoms with E-state index in [1.165, 1.54) is 6.92 Å². The van der Waals surface area contributed by atoms with E-state index >= 15 is 0 Å². The number of nitrogens with one attached hydrogen (secondary N) is 1. The molecular weight excluding hydrogens is 394 g/mol. The molecule has 1 saturated heterocycles. The summed E-state index contributed by atoms with van der Waals surface area (Å²) in [6.07, 6.45) is 0. The topological polar surface area (TPSA) is 79.0 Å². The maximum atomic E-state index is 13.3. The Morgan fingerprint density at radius 1 is 1.14 bits per heavy atom. The van der Waals surface area contributed by atoms with Crippen LogP contribution in [-0.4, -0.2) is 60.3 Å². The van der Waals surface area contributed by atoms with Gasteiger partial charge in [-0.05, 0) is 35.9 Å². The second-order valence-electron chi connectivity index (χ2n) is 7.07. The Kier molecular flexibility index (Phi) is 4.92. The van der Waals surface area contributed by atoms with Crippen molar-refractivity contribution in [1.82, 2.24) is 9.80 Å². The first-order chi connectivity index (χ1) is 13.9. The first-order valence-electron chi connectivity index (χ1n) is 9.24. The number of hydrogen-bond donors (Lipinski definition) is 1. The summed E-state index contributed by atoms with van der Waals surface area (Å²) in [7, 11) is 1.57. The van der Waals surface area contributed by atoms with Crippen LogP contribution in [0.1, 0.15) is 17.3 Å². The van der Waals surface area contributed by atoms with Crippen LogP contribution >= 0.6 is 11.6 Å². The van der Waals surface area contributed by atoms with Gasteiger partial charge in [-0.25, -0.2) is 0 Å². The summed E-state index contributed by atoms with van der Waals surface area (Å²) in [5, 5.41) is 3.39. The Labute approximate surface area is 173 Å². The second kappa shape index (κ2) is 7.40. The number of anilines is 1. The lowest BCUT2D eigenvalue weighted by Gasteiger charge is -2.38. The van der Waals surface area contributed by atoms with E-state index in [4.69, 9.17) is 16.3 Å². The van der Waals surface area contributed by atoms with Gasteiger partial charge in [-0.1, -0.05) is 17.7 Å². The van der Waals surface area contributed by atoms with Gasteiger partial charge in [0.2, 0.25) is 11.8 Å². The quantitative estimate of drug-likeness (QED) is 0.820. The zero-order chi connectivity index (χ0) is 20.7. The summed E-state index contributed by atoms with van der Waals surface area (Å²) >= 11 is 6.15. The number of piperazine rings is 1. The van der Waals surface area contributed by atoms with Gasteiger partial charge in [-0.2, -0.15) is 0 Å². The average molecular weight is 414 g/mol. The predicted molar refractivity (Wildman–Crippen MR) is 109 cm³/mol. The van der Waals surface area contributed by atoms with Crippen LogP contribution in [0.15, 0.2) is 36.4 Å². The molecule has 2 heterocycles. The molecule has 4 rings (SSSR count). The Morgan fingerprint density at radius 3 is 2.66 bits per heavy atom. The molecule has 0 bridgehead atoms. The van der Waals surface area contributed by atoms with Gasteiger partial charge in [-0.15, -0.1) is 0 Å². The number of carbonyl (C=O) groups excluding carboxylic acids is 3. The lowest BCUT2D eigenvalue weighted by atomic mass is 10.00. The number of benzene rings is 2. The molecule has 2 aromatic carbocycles. The highest BCUT2D eigenvalue weighted by molar-refractivity contribution is 6.31. The molecule has 7 nitrogen and oxygen atoms in total. The predicted octanol–water partition coefficient (Wildman–Crippen LogP) is 2.64. The number of fused-ring (bicyclic) bond motifs is 2. The van der Waals surface area contributed by atoms with Gasteiger partial charge < -0.3 is 19.9 Å². The molecule has 1 N–H and O–H groups in total. The number of hydrogen-bond acceptors (Lipinski definition) is 4. The minimum Gasteiger partial charge on any atom is -0.496 e. The largest absolute Gasteiger partial charge is 0.496 e. The fourth-order valence-corrected chi connectivity index (χ4v) is 3.98. The highest BCUT2D eigenvalue weighted by Gasteiger charge is 2.39. The lowest BCUT2D eigenvalue weighted by Crippen LogP contribution is -2.59. The van der Waals surface area contributed by atoms with E-state index in [0.29, 0.717) is 35.1 Å². The van der Waals surface area contributed by atoms with Crippen molar-refractivity contribution in [2.24, 2.45) is 0 Å². The van der Waals surface area contributed by atoms with E-state index in [2.05, 4.69) is 5.32 Å². The molecule has 0 saturated carbocycles. The molecule has 2 aliphatic heterocycles. The zero-order valence-corrected chi connectivity index (χ0v) is 16.8. The van der Waals surface area contributed by atoms with Crippen molar-refractivity contribution in [2.75, 3.05) is 32.1 Å². The summed E-state index contributed by atoms with van der Waals surface area (Å²) in [4.78, 5) is 40.9. The third-order valence-corrected chi connectivity index (χ3v) is 5.60. The van der Waals surface area contributed by atoms with E-state index in [0.717, 1.165) is 11.1 Å². The molecule has 3 amide bonds. The van der Waals surface area contributed by atoms with Crippen molar-refractivity contribution in [3.05, 3.63) is 47.0 Å². The summed E-state index contributed by atoms with van der Waals surface area (Å²) in [5.74, 6) is -0.0139. The van der Waals surface area contributed by atoms with Crippen LogP contribution in [0.25, 0.3) is 11.1 Å². The van der Waals surface area contributed by atoms with Gasteiger partial charge in [0.1, 0.15) is 11.8 Å². The maximum absolute atomic E-state index is 13.3. The molecule has 0 radical (unpaired) electrons. The molecule has 29 heavy (non-hydrogen) atoms. The van der Waals surface area contributed by atoms with E-state index in [1.807, 2.05) is 6.07 Å². The summed E-state index contributed by atoms with van der Waals surface area (Å²) < 4.78 is 5.43. The second-order valence-corrected chi connectivity index (χ2v) is 7.51. The third kappa shape index (κ3) is 3.42. The van der Waals surface area contributed by atoms with Gasteiger partial charge in [0.15, 0.2) is 0 Å². The SMILES string of the molecule is COc1ccc(Cl)cc1-c1ccc2c(c1)C(=O)N1CCN(C(C)=O)C[C@@H]1C(=O)N2. The first-order valence-corrected chi connectivity index (χ1v) is 9.62. The van der Waals surface area contributed by atoms with Crippen LogP contribution in [0.2, 0.25) is 5.02 Å². The molecule has 1 fully saturated rings.